The monoisotopic (exact) mass is 288 g/mol. The zero-order valence-corrected chi connectivity index (χ0v) is 12.4. The number of carbonyl (C=O) groups is 1. The van der Waals surface area contributed by atoms with E-state index in [9.17, 15) is 4.79 Å². The highest BCUT2D eigenvalue weighted by molar-refractivity contribution is 6.22. The second kappa shape index (κ2) is 5.90. The molecule has 1 aromatic carbocycles. The van der Waals surface area contributed by atoms with Crippen LogP contribution < -0.4 is 4.74 Å². The van der Waals surface area contributed by atoms with Gasteiger partial charge >= 0.3 is 0 Å². The van der Waals surface area contributed by atoms with Gasteiger partial charge in [0.15, 0.2) is 5.78 Å². The Balaban J connectivity index is 1.89. The molecule has 4 heteroatoms. The zero-order valence-electron chi connectivity index (χ0n) is 12.4. The summed E-state index contributed by atoms with van der Waals surface area (Å²) in [5.74, 6) is 0.788. The zero-order chi connectivity index (χ0) is 14.8. The van der Waals surface area contributed by atoms with Gasteiger partial charge in [-0.1, -0.05) is 18.2 Å². The maximum absolute atomic E-state index is 12.8. The molecule has 1 heterocycles. The molecular weight excluding hydrogens is 268 g/mol. The van der Waals surface area contributed by atoms with Crippen LogP contribution in [0.4, 0.5) is 0 Å². The van der Waals surface area contributed by atoms with E-state index in [0.717, 1.165) is 24.8 Å². The summed E-state index contributed by atoms with van der Waals surface area (Å²) in [4.78, 5) is 12.8. The third-order valence-electron chi connectivity index (χ3n) is 4.44. The van der Waals surface area contributed by atoms with Crippen LogP contribution in [0.1, 0.15) is 24.8 Å². The van der Waals surface area contributed by atoms with E-state index in [4.69, 9.17) is 14.2 Å². The molecule has 0 radical (unpaired) electrons. The van der Waals surface area contributed by atoms with Crippen molar-refractivity contribution in [2.45, 2.75) is 31.5 Å². The van der Waals surface area contributed by atoms with Gasteiger partial charge in [-0.25, -0.2) is 0 Å². The summed E-state index contributed by atoms with van der Waals surface area (Å²) in [5.41, 5.74) is 1.42. The van der Waals surface area contributed by atoms with Gasteiger partial charge in [0.05, 0.1) is 31.0 Å². The van der Waals surface area contributed by atoms with Crippen LogP contribution >= 0.6 is 0 Å². The smallest absolute Gasteiger partial charge is 0.173 e. The van der Waals surface area contributed by atoms with E-state index >= 15 is 0 Å². The van der Waals surface area contributed by atoms with Crippen molar-refractivity contribution in [3.63, 3.8) is 0 Å². The fourth-order valence-electron chi connectivity index (χ4n) is 3.23. The van der Waals surface area contributed by atoms with Gasteiger partial charge in [-0.15, -0.1) is 0 Å². The number of ether oxygens (including phenoxy) is 3. The standard InChI is InChI=1S/C17H20O4/c1-19-11-7-8-13-16(9-11)21-10-14(17(13)18)12-5-3-4-6-15(12)20-2/h3-6,10-11,13,16H,7-9H2,1-2H3. The summed E-state index contributed by atoms with van der Waals surface area (Å²) in [7, 11) is 3.33. The summed E-state index contributed by atoms with van der Waals surface area (Å²) < 4.78 is 16.6. The fraction of sp³-hybridized carbons (Fsp3) is 0.471. The summed E-state index contributed by atoms with van der Waals surface area (Å²) in [6.45, 7) is 0. The van der Waals surface area contributed by atoms with E-state index in [2.05, 4.69) is 0 Å². The first-order valence-corrected chi connectivity index (χ1v) is 7.30. The number of carbonyl (C=O) groups excluding carboxylic acids is 1. The molecule has 1 saturated carbocycles. The molecule has 3 rings (SSSR count). The molecule has 0 bridgehead atoms. The summed E-state index contributed by atoms with van der Waals surface area (Å²) >= 11 is 0. The van der Waals surface area contributed by atoms with Crippen LogP contribution in [0.2, 0.25) is 0 Å². The number of ketones is 1. The van der Waals surface area contributed by atoms with Gasteiger partial charge in [-0.3, -0.25) is 4.79 Å². The average molecular weight is 288 g/mol. The van der Waals surface area contributed by atoms with Crippen LogP contribution in [0.25, 0.3) is 5.57 Å². The molecule has 1 fully saturated rings. The Bertz CT molecular complexity index is 564. The van der Waals surface area contributed by atoms with E-state index in [1.807, 2.05) is 24.3 Å². The Morgan fingerprint density at radius 3 is 2.76 bits per heavy atom. The minimum absolute atomic E-state index is 0.0605. The Hall–Kier alpha value is -1.81. The Kier molecular flexibility index (Phi) is 3.97. The number of rotatable bonds is 3. The lowest BCUT2D eigenvalue weighted by Crippen LogP contribution is -2.41. The number of Topliss-reactive ketones (excluding diaryl/α,β-unsaturated/α-hetero) is 1. The molecule has 0 spiro atoms. The Morgan fingerprint density at radius 2 is 2.00 bits per heavy atom. The first-order chi connectivity index (χ1) is 10.2. The quantitative estimate of drug-likeness (QED) is 0.858. The number of fused-ring (bicyclic) bond motifs is 1. The highest BCUT2D eigenvalue weighted by Gasteiger charge is 2.40. The van der Waals surface area contributed by atoms with Gasteiger partial charge in [-0.05, 0) is 18.9 Å². The summed E-state index contributed by atoms with van der Waals surface area (Å²) in [6, 6.07) is 7.55. The van der Waals surface area contributed by atoms with Crippen molar-refractivity contribution in [3.8, 4) is 5.75 Å². The van der Waals surface area contributed by atoms with E-state index < -0.39 is 0 Å². The first kappa shape index (κ1) is 14.1. The largest absolute Gasteiger partial charge is 0.496 e. The number of allylic oxidation sites excluding steroid dienone is 1. The van der Waals surface area contributed by atoms with E-state index in [-0.39, 0.29) is 23.9 Å². The maximum atomic E-state index is 12.8. The summed E-state index contributed by atoms with van der Waals surface area (Å²) in [6.07, 6.45) is 4.23. The second-order valence-corrected chi connectivity index (χ2v) is 5.55. The number of methoxy groups -OCH3 is 2. The predicted octanol–water partition coefficient (Wildman–Crippen LogP) is 2.82. The number of benzene rings is 1. The van der Waals surface area contributed by atoms with Gasteiger partial charge in [0.25, 0.3) is 0 Å². The molecule has 0 aromatic heterocycles. The van der Waals surface area contributed by atoms with Crippen LogP contribution in [0.3, 0.4) is 0 Å². The third-order valence-corrected chi connectivity index (χ3v) is 4.44. The number of hydrogen-bond acceptors (Lipinski definition) is 4. The van der Waals surface area contributed by atoms with Crippen molar-refractivity contribution < 1.29 is 19.0 Å². The van der Waals surface area contributed by atoms with Crippen molar-refractivity contribution in [1.29, 1.82) is 0 Å². The first-order valence-electron chi connectivity index (χ1n) is 7.30. The maximum Gasteiger partial charge on any atom is 0.173 e. The van der Waals surface area contributed by atoms with E-state index in [1.165, 1.54) is 0 Å². The molecule has 0 amide bonds. The van der Waals surface area contributed by atoms with Crippen LogP contribution in [0.5, 0.6) is 5.75 Å². The van der Waals surface area contributed by atoms with Crippen molar-refractivity contribution in [3.05, 3.63) is 36.1 Å². The van der Waals surface area contributed by atoms with Gasteiger partial charge < -0.3 is 14.2 Å². The van der Waals surface area contributed by atoms with Gasteiger partial charge in [0.2, 0.25) is 0 Å². The number of hydrogen-bond donors (Lipinski definition) is 0. The third kappa shape index (κ3) is 2.56. The lowest BCUT2D eigenvalue weighted by molar-refractivity contribution is -0.127. The fourth-order valence-corrected chi connectivity index (χ4v) is 3.23. The Morgan fingerprint density at radius 1 is 1.19 bits per heavy atom. The molecule has 0 N–H and O–H groups in total. The molecule has 4 nitrogen and oxygen atoms in total. The lowest BCUT2D eigenvalue weighted by atomic mass is 9.78. The van der Waals surface area contributed by atoms with Crippen LogP contribution in [0, 0.1) is 5.92 Å². The Labute approximate surface area is 124 Å². The van der Waals surface area contributed by atoms with Crippen molar-refractivity contribution in [2.24, 2.45) is 5.92 Å². The highest BCUT2D eigenvalue weighted by Crippen LogP contribution is 2.38. The van der Waals surface area contributed by atoms with Gasteiger partial charge in [0, 0.05) is 19.1 Å². The molecular formula is C17H20O4. The molecule has 1 aliphatic carbocycles. The highest BCUT2D eigenvalue weighted by atomic mass is 16.5. The molecule has 21 heavy (non-hydrogen) atoms. The van der Waals surface area contributed by atoms with Crippen LogP contribution in [-0.4, -0.2) is 32.2 Å². The predicted molar refractivity (Wildman–Crippen MR) is 79.0 cm³/mol. The van der Waals surface area contributed by atoms with Gasteiger partial charge in [-0.2, -0.15) is 0 Å². The average Bonchev–Trinajstić information content (AvgIpc) is 2.55. The van der Waals surface area contributed by atoms with Crippen LogP contribution in [0.15, 0.2) is 30.5 Å². The number of para-hydroxylation sites is 1. The summed E-state index contributed by atoms with van der Waals surface area (Å²) in [5, 5.41) is 0. The van der Waals surface area contributed by atoms with E-state index in [1.54, 1.807) is 20.5 Å². The molecule has 1 aromatic rings. The van der Waals surface area contributed by atoms with Crippen molar-refractivity contribution in [2.75, 3.05) is 14.2 Å². The van der Waals surface area contributed by atoms with Crippen molar-refractivity contribution in [1.82, 2.24) is 0 Å². The normalized spacial score (nSPS) is 28.4. The molecule has 3 unspecified atom stereocenters. The van der Waals surface area contributed by atoms with Gasteiger partial charge in [0.1, 0.15) is 11.9 Å². The van der Waals surface area contributed by atoms with E-state index in [0.29, 0.717) is 11.3 Å². The molecule has 112 valence electrons. The molecule has 2 aliphatic rings. The minimum atomic E-state index is -0.0682. The SMILES string of the molecule is COc1ccccc1C1=COC2CC(OC)CCC2C1=O. The minimum Gasteiger partial charge on any atom is -0.496 e. The molecule has 0 saturated heterocycles. The second-order valence-electron chi connectivity index (χ2n) is 5.55. The van der Waals surface area contributed by atoms with Crippen LogP contribution in [-0.2, 0) is 14.3 Å². The lowest BCUT2D eigenvalue weighted by Gasteiger charge is -2.37. The molecule has 3 atom stereocenters. The topological polar surface area (TPSA) is 44.8 Å². The molecule has 1 aliphatic heterocycles. The van der Waals surface area contributed by atoms with Crippen molar-refractivity contribution >= 4 is 11.4 Å².